The summed E-state index contributed by atoms with van der Waals surface area (Å²) in [7, 11) is 0. The summed E-state index contributed by atoms with van der Waals surface area (Å²) in [5.41, 5.74) is 9.66. The van der Waals surface area contributed by atoms with Gasteiger partial charge in [-0.1, -0.05) is 65.8 Å². The van der Waals surface area contributed by atoms with Crippen molar-refractivity contribution in [3.63, 3.8) is 0 Å². The smallest absolute Gasteiger partial charge is 0.0248 e. The number of benzene rings is 1. The second-order valence-corrected chi connectivity index (χ2v) is 13.2. The average Bonchev–Trinajstić information content (AvgIpc) is 3.16. The lowest BCUT2D eigenvalue weighted by molar-refractivity contribution is -0.0774. The number of fused-ring (bicyclic) bond motifs is 5. The van der Waals surface area contributed by atoms with Gasteiger partial charge < -0.3 is 5.73 Å². The molecular formula is C35H59N. The maximum absolute atomic E-state index is 6.39. The molecule has 1 unspecified atom stereocenters. The van der Waals surface area contributed by atoms with E-state index in [-0.39, 0.29) is 16.3 Å². The maximum atomic E-state index is 6.39. The molecule has 2 N–H and O–H groups in total. The monoisotopic (exact) mass is 493 g/mol. The Bertz CT molecular complexity index is 908. The Kier molecular flexibility index (Phi) is 10.5. The van der Waals surface area contributed by atoms with Gasteiger partial charge in [-0.15, -0.1) is 6.42 Å². The fourth-order valence-corrected chi connectivity index (χ4v) is 9.14. The molecule has 0 spiro atoms. The summed E-state index contributed by atoms with van der Waals surface area (Å²) in [4.78, 5) is 0. The van der Waals surface area contributed by atoms with E-state index in [1.54, 1.807) is 0 Å². The lowest BCUT2D eigenvalue weighted by Crippen LogP contribution is -2.50. The van der Waals surface area contributed by atoms with Crippen molar-refractivity contribution in [1.29, 1.82) is 0 Å². The van der Waals surface area contributed by atoms with E-state index in [9.17, 15) is 0 Å². The van der Waals surface area contributed by atoms with Gasteiger partial charge in [-0.05, 0) is 136 Å². The van der Waals surface area contributed by atoms with Crippen LogP contribution in [0.1, 0.15) is 120 Å². The Labute approximate surface area is 226 Å². The summed E-state index contributed by atoms with van der Waals surface area (Å²) in [6.07, 6.45) is 22.7. The van der Waals surface area contributed by atoms with Crippen molar-refractivity contribution >= 4 is 6.08 Å². The van der Waals surface area contributed by atoms with E-state index >= 15 is 0 Å². The van der Waals surface area contributed by atoms with Crippen LogP contribution in [-0.4, -0.2) is 6.04 Å². The molecule has 4 fully saturated rings. The Morgan fingerprint density at radius 2 is 1.72 bits per heavy atom. The molecule has 0 saturated heterocycles. The van der Waals surface area contributed by atoms with Crippen LogP contribution in [0.2, 0.25) is 0 Å². The molecule has 4 aliphatic carbocycles. The predicted molar refractivity (Wildman–Crippen MR) is 163 cm³/mol. The van der Waals surface area contributed by atoms with Gasteiger partial charge in [0.2, 0.25) is 0 Å². The molecule has 0 amide bonds. The first kappa shape index (κ1) is 30.7. The Morgan fingerprint density at radius 1 is 1.00 bits per heavy atom. The van der Waals surface area contributed by atoms with Gasteiger partial charge in [-0.3, -0.25) is 0 Å². The second-order valence-electron chi connectivity index (χ2n) is 13.2. The zero-order valence-corrected chi connectivity index (χ0v) is 22.5. The van der Waals surface area contributed by atoms with Crippen LogP contribution in [0.3, 0.4) is 0 Å². The third kappa shape index (κ3) is 6.13. The zero-order valence-electron chi connectivity index (χ0n) is 22.5. The minimum Gasteiger partial charge on any atom is -0.328 e. The normalized spacial score (nSPS) is 36.9. The third-order valence-corrected chi connectivity index (χ3v) is 10.6. The van der Waals surface area contributed by atoms with Crippen LogP contribution in [-0.2, 0) is 0 Å². The summed E-state index contributed by atoms with van der Waals surface area (Å²) in [5.74, 6) is 8.60. The predicted octanol–water partition coefficient (Wildman–Crippen LogP) is 9.85. The van der Waals surface area contributed by atoms with Crippen molar-refractivity contribution in [2.24, 2.45) is 52.1 Å². The molecule has 204 valence electrons. The summed E-state index contributed by atoms with van der Waals surface area (Å²) in [5, 5.41) is 0. The summed E-state index contributed by atoms with van der Waals surface area (Å²) in [6.45, 7) is 11.9. The Balaban J connectivity index is 0.000000422. The highest BCUT2D eigenvalue weighted by Gasteiger charge is 2.57. The molecule has 4 saturated carbocycles. The van der Waals surface area contributed by atoms with Crippen molar-refractivity contribution in [3.8, 4) is 12.3 Å². The van der Waals surface area contributed by atoms with Crippen molar-refractivity contribution in [1.82, 2.24) is 0 Å². The SMILES string of the molecule is C.C.C#Cc1cccc(/C=C/C)c1.C[C@H](N)C1CC[C@H]2[C@@H]3CC[C@@H]4CC(C)(C)CC[C@@H]4[C@H]3CC[C@]12C.[HH]. The molecule has 0 heterocycles. The van der Waals surface area contributed by atoms with Crippen molar-refractivity contribution in [3.05, 3.63) is 41.5 Å². The Hall–Kier alpha value is -1.52. The molecule has 0 aliphatic heterocycles. The van der Waals surface area contributed by atoms with Crippen LogP contribution in [0.5, 0.6) is 0 Å². The number of hydrogen-bond donors (Lipinski definition) is 1. The summed E-state index contributed by atoms with van der Waals surface area (Å²) < 4.78 is 0. The molecule has 1 nitrogen and oxygen atoms in total. The van der Waals surface area contributed by atoms with Crippen LogP contribution in [0.25, 0.3) is 6.08 Å². The molecule has 5 rings (SSSR count). The standard InChI is InChI=1S/C22H39N.C11H10.2CH4.H2/c1-14(23)19-7-8-20-18-6-5-15-13-21(2,3)11-9-16(15)17(18)10-12-22(19,20)4;1-3-6-11-8-5-7-10(4-2)9-11;;;/h14-20H,5-13,23H2,1-4H3;2-3,5-9H,1H3;2*1H4;1H/b;6-3+;;;/t14-,15+,16-,17+,18+,19?,20-,22+;;;;/m0..../s1. The highest BCUT2D eigenvalue weighted by molar-refractivity contribution is 5.52. The van der Waals surface area contributed by atoms with E-state index < -0.39 is 0 Å². The van der Waals surface area contributed by atoms with Gasteiger partial charge >= 0.3 is 0 Å². The molecule has 1 heteroatoms. The zero-order chi connectivity index (χ0) is 24.5. The van der Waals surface area contributed by atoms with Crippen LogP contribution in [0, 0.1) is 58.7 Å². The summed E-state index contributed by atoms with van der Waals surface area (Å²) >= 11 is 0. The minimum atomic E-state index is 0. The van der Waals surface area contributed by atoms with E-state index in [0.29, 0.717) is 16.9 Å². The molecule has 1 aromatic rings. The molecule has 0 bridgehead atoms. The molecular weight excluding hydrogens is 434 g/mol. The topological polar surface area (TPSA) is 26.0 Å². The molecule has 0 radical (unpaired) electrons. The minimum absolute atomic E-state index is 0. The van der Waals surface area contributed by atoms with Gasteiger partial charge in [0.05, 0.1) is 0 Å². The number of terminal acetylenes is 1. The van der Waals surface area contributed by atoms with Crippen molar-refractivity contribution < 1.29 is 1.43 Å². The van der Waals surface area contributed by atoms with Crippen LogP contribution < -0.4 is 5.73 Å². The molecule has 1 aromatic carbocycles. The highest BCUT2D eigenvalue weighted by Crippen LogP contribution is 2.65. The highest BCUT2D eigenvalue weighted by atomic mass is 14.7. The first-order chi connectivity index (χ1) is 16.2. The van der Waals surface area contributed by atoms with Gasteiger partial charge in [0, 0.05) is 13.0 Å². The lowest BCUT2D eigenvalue weighted by atomic mass is 9.48. The molecule has 0 aromatic heterocycles. The molecule has 4 aliphatic rings. The second kappa shape index (κ2) is 12.3. The van der Waals surface area contributed by atoms with E-state index in [2.05, 4.69) is 33.6 Å². The van der Waals surface area contributed by atoms with E-state index in [4.69, 9.17) is 12.2 Å². The van der Waals surface area contributed by atoms with Crippen molar-refractivity contribution in [2.45, 2.75) is 113 Å². The first-order valence-electron chi connectivity index (χ1n) is 14.1. The number of allylic oxidation sites excluding steroid dienone is 1. The molecule has 8 atom stereocenters. The first-order valence-corrected chi connectivity index (χ1v) is 14.1. The van der Waals surface area contributed by atoms with Gasteiger partial charge in [-0.2, -0.15) is 0 Å². The van der Waals surface area contributed by atoms with Crippen molar-refractivity contribution in [2.75, 3.05) is 0 Å². The number of rotatable bonds is 2. The van der Waals surface area contributed by atoms with E-state index in [1.165, 1.54) is 57.8 Å². The quantitative estimate of drug-likeness (QED) is 0.407. The Morgan fingerprint density at radius 3 is 2.39 bits per heavy atom. The largest absolute Gasteiger partial charge is 0.328 e. The van der Waals surface area contributed by atoms with Gasteiger partial charge in [0.25, 0.3) is 0 Å². The van der Waals surface area contributed by atoms with Gasteiger partial charge in [0.1, 0.15) is 0 Å². The maximum Gasteiger partial charge on any atom is 0.0248 e. The fourth-order valence-electron chi connectivity index (χ4n) is 9.14. The fraction of sp³-hybridized carbons (Fsp3) is 0.714. The third-order valence-electron chi connectivity index (χ3n) is 10.6. The van der Waals surface area contributed by atoms with Gasteiger partial charge in [-0.25, -0.2) is 0 Å². The van der Waals surface area contributed by atoms with Crippen LogP contribution in [0.15, 0.2) is 30.3 Å². The summed E-state index contributed by atoms with van der Waals surface area (Å²) in [6, 6.07) is 8.30. The van der Waals surface area contributed by atoms with E-state index in [0.717, 1.165) is 46.6 Å². The number of hydrogen-bond acceptors (Lipinski definition) is 1. The van der Waals surface area contributed by atoms with Crippen LogP contribution in [0.4, 0.5) is 0 Å². The molecule has 36 heavy (non-hydrogen) atoms. The van der Waals surface area contributed by atoms with E-state index in [1.807, 2.05) is 43.3 Å². The lowest BCUT2D eigenvalue weighted by Gasteiger charge is -2.57. The number of nitrogens with two attached hydrogens (primary N) is 1. The average molecular weight is 494 g/mol. The van der Waals surface area contributed by atoms with Crippen LogP contribution >= 0.6 is 0 Å². The van der Waals surface area contributed by atoms with Gasteiger partial charge in [0.15, 0.2) is 0 Å².